The highest BCUT2D eigenvalue weighted by molar-refractivity contribution is 7.92. The fourth-order valence-corrected chi connectivity index (χ4v) is 4.10. The van der Waals surface area contributed by atoms with Gasteiger partial charge in [0.2, 0.25) is 0 Å². The van der Waals surface area contributed by atoms with E-state index in [9.17, 15) is 13.2 Å². The van der Waals surface area contributed by atoms with Crippen molar-refractivity contribution in [3.63, 3.8) is 0 Å². The van der Waals surface area contributed by atoms with Crippen LogP contribution in [0.5, 0.6) is 11.5 Å². The summed E-state index contributed by atoms with van der Waals surface area (Å²) in [6.45, 7) is 2.59. The molecule has 6 nitrogen and oxygen atoms in total. The third-order valence-corrected chi connectivity index (χ3v) is 5.92. The topological polar surface area (TPSA) is 81.7 Å². The van der Waals surface area contributed by atoms with Crippen molar-refractivity contribution >= 4 is 21.5 Å². The van der Waals surface area contributed by atoms with E-state index in [1.54, 1.807) is 36.4 Å². The molecular weight excluding hydrogens is 390 g/mol. The van der Waals surface area contributed by atoms with Crippen LogP contribution in [-0.4, -0.2) is 27.4 Å². The van der Waals surface area contributed by atoms with E-state index in [0.29, 0.717) is 30.3 Å². The number of carbonyl (C=O) groups excluding carboxylic acids is 1. The molecule has 4 rings (SSSR count). The Morgan fingerprint density at radius 2 is 1.52 bits per heavy atom. The number of ether oxygens (including phenoxy) is 2. The normalized spacial score (nSPS) is 13.0. The molecule has 0 aromatic heterocycles. The van der Waals surface area contributed by atoms with Gasteiger partial charge in [-0.3, -0.25) is 9.52 Å². The maximum Gasteiger partial charge on any atom is 0.261 e. The van der Waals surface area contributed by atoms with Gasteiger partial charge < -0.3 is 9.47 Å². The molecule has 1 aliphatic heterocycles. The predicted octanol–water partition coefficient (Wildman–Crippen LogP) is 3.80. The van der Waals surface area contributed by atoms with Gasteiger partial charge in [-0.1, -0.05) is 48.0 Å². The van der Waals surface area contributed by atoms with Gasteiger partial charge in [0, 0.05) is 11.6 Å². The highest BCUT2D eigenvalue weighted by atomic mass is 32.2. The molecule has 1 aliphatic rings. The summed E-state index contributed by atoms with van der Waals surface area (Å²) >= 11 is 0. The van der Waals surface area contributed by atoms with Crippen LogP contribution in [0.15, 0.2) is 71.6 Å². The van der Waals surface area contributed by atoms with E-state index in [1.165, 1.54) is 24.3 Å². The molecule has 0 radical (unpaired) electrons. The van der Waals surface area contributed by atoms with Crippen molar-refractivity contribution in [3.05, 3.63) is 83.4 Å². The van der Waals surface area contributed by atoms with Gasteiger partial charge in [-0.2, -0.15) is 0 Å². The third kappa shape index (κ3) is 3.95. The first-order chi connectivity index (χ1) is 13.9. The highest BCUT2D eigenvalue weighted by Crippen LogP contribution is 2.37. The quantitative estimate of drug-likeness (QED) is 0.648. The monoisotopic (exact) mass is 409 g/mol. The molecule has 148 valence electrons. The lowest BCUT2D eigenvalue weighted by molar-refractivity contribution is 0.103. The first kappa shape index (κ1) is 19.0. The average Bonchev–Trinajstić information content (AvgIpc) is 2.73. The largest absolute Gasteiger partial charge is 0.486 e. The lowest BCUT2D eigenvalue weighted by Crippen LogP contribution is -2.19. The molecule has 7 heteroatoms. The Morgan fingerprint density at radius 1 is 0.897 bits per heavy atom. The fourth-order valence-electron chi connectivity index (χ4n) is 3.03. The zero-order chi connectivity index (χ0) is 20.4. The molecule has 0 amide bonds. The Labute approximate surface area is 169 Å². The third-order valence-electron chi connectivity index (χ3n) is 4.54. The van der Waals surface area contributed by atoms with Gasteiger partial charge in [-0.05, 0) is 25.1 Å². The first-order valence-electron chi connectivity index (χ1n) is 9.07. The fraction of sp³-hybridized carbons (Fsp3) is 0.136. The molecule has 3 aromatic carbocycles. The van der Waals surface area contributed by atoms with Gasteiger partial charge in [0.15, 0.2) is 17.3 Å². The van der Waals surface area contributed by atoms with Crippen LogP contribution in [0.4, 0.5) is 5.69 Å². The number of sulfonamides is 1. The first-order valence-corrected chi connectivity index (χ1v) is 10.6. The van der Waals surface area contributed by atoms with Crippen molar-refractivity contribution in [3.8, 4) is 11.5 Å². The number of ketones is 1. The standard InChI is InChI=1S/C22H19NO5S/c1-15-7-9-17(10-8-15)29(25,26)23-19-14-21-20(27-11-12-28-21)13-18(19)22(24)16-5-3-2-4-6-16/h2-10,13-14,23H,11-12H2,1H3. The zero-order valence-electron chi connectivity index (χ0n) is 15.7. The molecule has 0 spiro atoms. The van der Waals surface area contributed by atoms with Crippen molar-refractivity contribution in [1.82, 2.24) is 0 Å². The molecule has 29 heavy (non-hydrogen) atoms. The molecule has 0 saturated carbocycles. The molecule has 0 fully saturated rings. The Balaban J connectivity index is 1.79. The van der Waals surface area contributed by atoms with Crippen molar-refractivity contribution in [2.75, 3.05) is 17.9 Å². The van der Waals surface area contributed by atoms with Gasteiger partial charge in [0.1, 0.15) is 13.2 Å². The summed E-state index contributed by atoms with van der Waals surface area (Å²) in [5.41, 5.74) is 1.73. The Kier molecular flexibility index (Phi) is 4.98. The highest BCUT2D eigenvalue weighted by Gasteiger charge is 2.24. The second kappa shape index (κ2) is 7.60. The molecule has 0 atom stereocenters. The van der Waals surface area contributed by atoms with E-state index >= 15 is 0 Å². The predicted molar refractivity (Wildman–Crippen MR) is 109 cm³/mol. The molecule has 0 aliphatic carbocycles. The Bertz CT molecular complexity index is 1160. The number of hydrogen-bond donors (Lipinski definition) is 1. The summed E-state index contributed by atoms with van der Waals surface area (Å²) in [6, 6.07) is 18.2. The number of fused-ring (bicyclic) bond motifs is 1. The Morgan fingerprint density at radius 3 is 2.17 bits per heavy atom. The minimum atomic E-state index is -3.89. The number of benzene rings is 3. The number of carbonyl (C=O) groups is 1. The molecule has 3 aromatic rings. The summed E-state index contributed by atoms with van der Waals surface area (Å²) in [4.78, 5) is 13.2. The lowest BCUT2D eigenvalue weighted by atomic mass is 10.0. The van der Waals surface area contributed by atoms with Crippen LogP contribution < -0.4 is 14.2 Å². The van der Waals surface area contributed by atoms with E-state index < -0.39 is 10.0 Å². The Hall–Kier alpha value is -3.32. The van der Waals surface area contributed by atoms with Gasteiger partial charge in [-0.15, -0.1) is 0 Å². The van der Waals surface area contributed by atoms with E-state index in [-0.39, 0.29) is 21.9 Å². The summed E-state index contributed by atoms with van der Waals surface area (Å²) in [5.74, 6) is 0.487. The maximum absolute atomic E-state index is 13.1. The number of rotatable bonds is 5. The van der Waals surface area contributed by atoms with E-state index in [1.807, 2.05) is 13.0 Å². The molecule has 1 N–H and O–H groups in total. The maximum atomic E-state index is 13.1. The van der Waals surface area contributed by atoms with Gasteiger partial charge >= 0.3 is 0 Å². The average molecular weight is 409 g/mol. The molecule has 0 unspecified atom stereocenters. The molecule has 0 saturated heterocycles. The van der Waals surface area contributed by atoms with Gasteiger partial charge in [0.25, 0.3) is 10.0 Å². The number of nitrogens with one attached hydrogen (secondary N) is 1. The zero-order valence-corrected chi connectivity index (χ0v) is 16.5. The summed E-state index contributed by atoms with van der Waals surface area (Å²) in [6.07, 6.45) is 0. The number of aryl methyl sites for hydroxylation is 1. The lowest BCUT2D eigenvalue weighted by Gasteiger charge is -2.21. The van der Waals surface area contributed by atoms with Crippen LogP contribution in [0.25, 0.3) is 0 Å². The van der Waals surface area contributed by atoms with Crippen LogP contribution >= 0.6 is 0 Å². The van der Waals surface area contributed by atoms with Gasteiger partial charge in [0.05, 0.1) is 16.1 Å². The van der Waals surface area contributed by atoms with Crippen LogP contribution in [0.2, 0.25) is 0 Å². The summed E-state index contributed by atoms with van der Waals surface area (Å²) in [7, 11) is -3.89. The minimum Gasteiger partial charge on any atom is -0.486 e. The summed E-state index contributed by atoms with van der Waals surface area (Å²) < 4.78 is 39.5. The van der Waals surface area contributed by atoms with Crippen LogP contribution in [0.3, 0.4) is 0 Å². The van der Waals surface area contributed by atoms with Crippen LogP contribution in [0, 0.1) is 6.92 Å². The van der Waals surface area contributed by atoms with Crippen molar-refractivity contribution in [2.24, 2.45) is 0 Å². The van der Waals surface area contributed by atoms with Crippen molar-refractivity contribution < 1.29 is 22.7 Å². The molecular formula is C22H19NO5S. The van der Waals surface area contributed by atoms with Crippen molar-refractivity contribution in [2.45, 2.75) is 11.8 Å². The number of hydrogen-bond acceptors (Lipinski definition) is 5. The second-order valence-corrected chi connectivity index (χ2v) is 8.34. The van der Waals surface area contributed by atoms with Crippen LogP contribution in [-0.2, 0) is 10.0 Å². The molecule has 1 heterocycles. The van der Waals surface area contributed by atoms with E-state index in [2.05, 4.69) is 4.72 Å². The minimum absolute atomic E-state index is 0.107. The van der Waals surface area contributed by atoms with Crippen molar-refractivity contribution in [1.29, 1.82) is 0 Å². The van der Waals surface area contributed by atoms with E-state index in [4.69, 9.17) is 9.47 Å². The smallest absolute Gasteiger partial charge is 0.261 e. The second-order valence-electron chi connectivity index (χ2n) is 6.66. The van der Waals surface area contributed by atoms with Crippen LogP contribution in [0.1, 0.15) is 21.5 Å². The van der Waals surface area contributed by atoms with Gasteiger partial charge in [-0.25, -0.2) is 8.42 Å². The molecule has 0 bridgehead atoms. The van der Waals surface area contributed by atoms with E-state index in [0.717, 1.165) is 5.56 Å². The number of anilines is 1. The SMILES string of the molecule is Cc1ccc(S(=O)(=O)Nc2cc3c(cc2C(=O)c2ccccc2)OCCO3)cc1. The summed E-state index contributed by atoms with van der Waals surface area (Å²) in [5, 5.41) is 0.